The monoisotopic (exact) mass is 167 g/mol. The van der Waals surface area contributed by atoms with Crippen molar-refractivity contribution >= 4 is 5.97 Å². The summed E-state index contributed by atoms with van der Waals surface area (Å²) in [6.45, 7) is 0.840. The summed E-state index contributed by atoms with van der Waals surface area (Å²) in [6, 6.07) is 0. The van der Waals surface area contributed by atoms with Gasteiger partial charge in [-0.1, -0.05) is 0 Å². The number of carboxylic acids is 1. The first-order valence-electron chi connectivity index (χ1n) is 2.81. The zero-order valence-corrected chi connectivity index (χ0v) is 6.40. The van der Waals surface area contributed by atoms with Crippen LogP contribution in [0.4, 0.5) is 0 Å². The summed E-state index contributed by atoms with van der Waals surface area (Å²) in [4.78, 5) is 9.00. The third-order valence-corrected chi connectivity index (χ3v) is 0.414. The number of rotatable bonds is 2. The van der Waals surface area contributed by atoms with Gasteiger partial charge in [-0.15, -0.1) is 0 Å². The number of likely N-dealkylation sites (N-methyl/N-ethyl adjacent to an activating group) is 1. The lowest BCUT2D eigenvalue weighted by Crippen LogP contribution is -2.38. The van der Waals surface area contributed by atoms with Crippen molar-refractivity contribution in [1.82, 2.24) is 5.32 Å². The quantitative estimate of drug-likeness (QED) is 0.302. The maximum absolute atomic E-state index is 9.00. The van der Waals surface area contributed by atoms with Crippen LogP contribution in [-0.2, 0) is 4.79 Å². The van der Waals surface area contributed by atoms with Crippen LogP contribution in [0, 0.1) is 0 Å². The van der Waals surface area contributed by atoms with Crippen LogP contribution in [-0.4, -0.2) is 46.0 Å². The van der Waals surface area contributed by atoms with Crippen LogP contribution in [0.15, 0.2) is 0 Å². The molecular formula is C5H13NO5. The van der Waals surface area contributed by atoms with Gasteiger partial charge in [0.1, 0.15) is 0 Å². The third-order valence-electron chi connectivity index (χ3n) is 0.414. The molecule has 0 radical (unpaired) electrons. The van der Waals surface area contributed by atoms with Crippen LogP contribution in [0.3, 0.4) is 0 Å². The molecule has 0 bridgehead atoms. The van der Waals surface area contributed by atoms with Crippen LogP contribution in [0.1, 0.15) is 6.92 Å². The van der Waals surface area contributed by atoms with Crippen molar-refractivity contribution in [2.24, 2.45) is 0 Å². The highest BCUT2D eigenvalue weighted by Crippen LogP contribution is 1.85. The number of carboxylic acid groups (broad SMARTS) is 1. The molecule has 11 heavy (non-hydrogen) atoms. The summed E-state index contributed by atoms with van der Waals surface area (Å²) in [5.74, 6) is -3.39. The molecule has 0 aliphatic rings. The van der Waals surface area contributed by atoms with Crippen molar-refractivity contribution in [1.29, 1.82) is 0 Å². The molecule has 6 heteroatoms. The minimum Gasteiger partial charge on any atom is -0.481 e. The van der Waals surface area contributed by atoms with Gasteiger partial charge in [0.25, 0.3) is 11.9 Å². The highest BCUT2D eigenvalue weighted by molar-refractivity contribution is 5.62. The van der Waals surface area contributed by atoms with Gasteiger partial charge in [-0.25, -0.2) is 0 Å². The lowest BCUT2D eigenvalue weighted by atomic mass is 10.6. The van der Waals surface area contributed by atoms with Crippen LogP contribution in [0.5, 0.6) is 0 Å². The molecule has 0 saturated heterocycles. The molecular weight excluding hydrogens is 154 g/mol. The Hall–Kier alpha value is -0.690. The van der Waals surface area contributed by atoms with Crippen LogP contribution < -0.4 is 5.32 Å². The summed E-state index contributed by atoms with van der Waals surface area (Å²) in [7, 11) is 1.50. The summed E-state index contributed by atoms with van der Waals surface area (Å²) >= 11 is 0. The van der Waals surface area contributed by atoms with Crippen molar-refractivity contribution in [2.75, 3.05) is 13.6 Å². The van der Waals surface area contributed by atoms with E-state index in [-0.39, 0.29) is 6.54 Å². The second kappa shape index (κ2) is 6.05. The van der Waals surface area contributed by atoms with E-state index in [1.165, 1.54) is 7.05 Å². The van der Waals surface area contributed by atoms with E-state index in [4.69, 9.17) is 25.2 Å². The molecule has 0 aromatic carbocycles. The Morgan fingerprint density at radius 1 is 1.45 bits per heavy atom. The molecule has 0 unspecified atom stereocenters. The molecule has 6 nitrogen and oxygen atoms in total. The number of aliphatic carboxylic acids is 1. The number of hydrogen-bond acceptors (Lipinski definition) is 5. The van der Waals surface area contributed by atoms with Crippen molar-refractivity contribution in [3.05, 3.63) is 0 Å². The van der Waals surface area contributed by atoms with Gasteiger partial charge in [0.05, 0.1) is 6.54 Å². The molecule has 0 amide bonds. The smallest absolute Gasteiger partial charge is 0.300 e. The van der Waals surface area contributed by atoms with E-state index >= 15 is 0 Å². The topological polar surface area (TPSA) is 110 Å². The normalized spacial score (nSPS) is 9.91. The Balaban J connectivity index is 0. The summed E-state index contributed by atoms with van der Waals surface area (Å²) in [6.07, 6.45) is 0. The first-order valence-corrected chi connectivity index (χ1v) is 2.81. The van der Waals surface area contributed by atoms with E-state index in [0.717, 1.165) is 6.92 Å². The van der Waals surface area contributed by atoms with Crippen molar-refractivity contribution in [3.8, 4) is 0 Å². The zero-order valence-electron chi connectivity index (χ0n) is 6.40. The SMILES string of the molecule is CC(=O)O.CNCC(O)(O)O. The number of hydrogen-bond donors (Lipinski definition) is 5. The van der Waals surface area contributed by atoms with Crippen LogP contribution in [0.2, 0.25) is 0 Å². The predicted octanol–water partition coefficient (Wildman–Crippen LogP) is -2.07. The summed E-state index contributed by atoms with van der Waals surface area (Å²) in [5.41, 5.74) is 0. The third kappa shape index (κ3) is 45.4. The molecule has 0 saturated carbocycles. The molecule has 0 aromatic heterocycles. The van der Waals surface area contributed by atoms with Crippen LogP contribution >= 0.6 is 0 Å². The van der Waals surface area contributed by atoms with Gasteiger partial charge in [-0.3, -0.25) is 4.79 Å². The fourth-order valence-corrected chi connectivity index (χ4v) is 0.237. The Morgan fingerprint density at radius 2 is 1.73 bits per heavy atom. The molecule has 5 N–H and O–H groups in total. The van der Waals surface area contributed by atoms with Crippen molar-refractivity contribution in [2.45, 2.75) is 12.9 Å². The van der Waals surface area contributed by atoms with E-state index in [1.807, 2.05) is 0 Å². The lowest BCUT2D eigenvalue weighted by Gasteiger charge is -2.11. The number of nitrogens with one attached hydrogen (secondary N) is 1. The summed E-state index contributed by atoms with van der Waals surface area (Å²) in [5, 5.41) is 34.0. The molecule has 0 heterocycles. The predicted molar refractivity (Wildman–Crippen MR) is 36.6 cm³/mol. The van der Waals surface area contributed by atoms with E-state index < -0.39 is 11.9 Å². The minimum absolute atomic E-state index is 0.243. The highest BCUT2D eigenvalue weighted by Gasteiger charge is 2.14. The Bertz CT molecular complexity index is 104. The van der Waals surface area contributed by atoms with Crippen molar-refractivity contribution in [3.63, 3.8) is 0 Å². The summed E-state index contributed by atoms with van der Waals surface area (Å²) < 4.78 is 0. The first kappa shape index (κ1) is 12.9. The second-order valence-electron chi connectivity index (χ2n) is 1.82. The van der Waals surface area contributed by atoms with Crippen LogP contribution in [0.25, 0.3) is 0 Å². The Labute approximate surface area is 64.1 Å². The molecule has 0 rings (SSSR count). The Morgan fingerprint density at radius 3 is 1.73 bits per heavy atom. The van der Waals surface area contributed by atoms with E-state index in [0.29, 0.717) is 0 Å². The average Bonchev–Trinajstić information content (AvgIpc) is 1.58. The van der Waals surface area contributed by atoms with Gasteiger partial charge in [0.2, 0.25) is 0 Å². The van der Waals surface area contributed by atoms with Gasteiger partial charge < -0.3 is 25.7 Å². The van der Waals surface area contributed by atoms with Gasteiger partial charge in [0, 0.05) is 6.92 Å². The average molecular weight is 167 g/mol. The van der Waals surface area contributed by atoms with E-state index in [9.17, 15) is 0 Å². The fourth-order valence-electron chi connectivity index (χ4n) is 0.237. The molecule has 0 atom stereocenters. The first-order chi connectivity index (χ1) is 4.79. The molecule has 0 aromatic rings. The number of aliphatic hydroxyl groups is 3. The van der Waals surface area contributed by atoms with E-state index in [1.54, 1.807) is 0 Å². The van der Waals surface area contributed by atoms with Crippen molar-refractivity contribution < 1.29 is 25.2 Å². The largest absolute Gasteiger partial charge is 0.481 e. The van der Waals surface area contributed by atoms with Gasteiger partial charge in [-0.05, 0) is 7.05 Å². The van der Waals surface area contributed by atoms with E-state index in [2.05, 4.69) is 5.32 Å². The minimum atomic E-state index is -2.56. The molecule has 0 aliphatic heterocycles. The van der Waals surface area contributed by atoms with Gasteiger partial charge in [-0.2, -0.15) is 0 Å². The maximum Gasteiger partial charge on any atom is 0.300 e. The fraction of sp³-hybridized carbons (Fsp3) is 0.800. The zero-order chi connectivity index (χ0) is 9.49. The second-order valence-corrected chi connectivity index (χ2v) is 1.82. The molecule has 68 valence electrons. The van der Waals surface area contributed by atoms with Gasteiger partial charge >= 0.3 is 0 Å². The maximum atomic E-state index is 9.00. The number of carbonyl (C=O) groups is 1. The lowest BCUT2D eigenvalue weighted by molar-refractivity contribution is -0.305. The standard InChI is InChI=1S/C3H9NO3.C2H4O2/c1-4-2-3(5,6)7;1-2(3)4/h4-7H,2H2,1H3;1H3,(H,3,4). The molecule has 0 aliphatic carbocycles. The highest BCUT2D eigenvalue weighted by atomic mass is 16.7. The molecule has 0 fully saturated rings. The van der Waals surface area contributed by atoms with Gasteiger partial charge in [0.15, 0.2) is 0 Å². The molecule has 0 spiro atoms. The Kier molecular flexibility index (Phi) is 7.12.